The molecular weight excluding hydrogens is 214 g/mol. The van der Waals surface area contributed by atoms with E-state index in [2.05, 4.69) is 4.98 Å². The molecule has 90 valence electrons. The van der Waals surface area contributed by atoms with Crippen molar-refractivity contribution in [1.82, 2.24) is 4.98 Å². The first kappa shape index (κ1) is 11.7. The van der Waals surface area contributed by atoms with E-state index in [1.54, 1.807) is 0 Å². The van der Waals surface area contributed by atoms with E-state index >= 15 is 0 Å². The van der Waals surface area contributed by atoms with E-state index in [0.29, 0.717) is 5.69 Å². The van der Waals surface area contributed by atoms with Crippen LogP contribution in [-0.2, 0) is 0 Å². The number of aromatic carboxylic acids is 1. The van der Waals surface area contributed by atoms with Crippen LogP contribution in [0.5, 0.6) is 0 Å². The lowest BCUT2D eigenvalue weighted by Gasteiger charge is -2.06. The molecule has 0 amide bonds. The highest BCUT2D eigenvalue weighted by Gasteiger charge is 2.20. The van der Waals surface area contributed by atoms with Gasteiger partial charge in [0.25, 0.3) is 0 Å². The fraction of sp³-hybridized carbons (Fsp3) is 0.357. The van der Waals surface area contributed by atoms with Crippen LogP contribution in [0.3, 0.4) is 0 Å². The van der Waals surface area contributed by atoms with Crippen molar-refractivity contribution in [2.45, 2.75) is 33.6 Å². The van der Waals surface area contributed by atoms with Crippen LogP contribution in [0.15, 0.2) is 12.1 Å². The van der Waals surface area contributed by atoms with Gasteiger partial charge in [-0.15, -0.1) is 0 Å². The number of carboxylic acid groups (broad SMARTS) is 1. The second kappa shape index (κ2) is 3.91. The molecule has 0 aliphatic rings. The maximum atomic E-state index is 11.3. The van der Waals surface area contributed by atoms with Gasteiger partial charge >= 0.3 is 5.97 Å². The minimum atomic E-state index is -0.887. The number of nitrogens with one attached hydrogen (secondary N) is 1. The molecule has 0 unspecified atom stereocenters. The van der Waals surface area contributed by atoms with E-state index < -0.39 is 5.97 Å². The van der Waals surface area contributed by atoms with Crippen LogP contribution >= 0.6 is 0 Å². The van der Waals surface area contributed by atoms with Crippen molar-refractivity contribution in [1.29, 1.82) is 0 Å². The summed E-state index contributed by atoms with van der Waals surface area (Å²) in [6.07, 6.45) is 0. The Hall–Kier alpha value is -1.77. The number of hydrogen-bond donors (Lipinski definition) is 2. The summed E-state index contributed by atoms with van der Waals surface area (Å²) in [7, 11) is 0. The SMILES string of the molecule is Cc1ccc2c(C(C)C)c(C(=O)O)[nH]c2c1C. The first-order chi connectivity index (χ1) is 7.93. The van der Waals surface area contributed by atoms with Crippen molar-refractivity contribution in [3.05, 3.63) is 34.5 Å². The fourth-order valence-electron chi connectivity index (χ4n) is 2.30. The number of aromatic amines is 1. The maximum Gasteiger partial charge on any atom is 0.352 e. The van der Waals surface area contributed by atoms with Gasteiger partial charge in [-0.25, -0.2) is 4.79 Å². The first-order valence-electron chi connectivity index (χ1n) is 5.78. The molecule has 0 spiro atoms. The Morgan fingerprint density at radius 3 is 2.47 bits per heavy atom. The van der Waals surface area contributed by atoms with E-state index in [4.69, 9.17) is 0 Å². The summed E-state index contributed by atoms with van der Waals surface area (Å²) in [6, 6.07) is 4.05. The molecule has 1 aromatic heterocycles. The van der Waals surface area contributed by atoms with Crippen LogP contribution in [0, 0.1) is 13.8 Å². The molecule has 3 nitrogen and oxygen atoms in total. The topological polar surface area (TPSA) is 53.1 Å². The lowest BCUT2D eigenvalue weighted by atomic mass is 9.97. The third-order valence-corrected chi connectivity index (χ3v) is 3.34. The van der Waals surface area contributed by atoms with E-state index in [9.17, 15) is 9.90 Å². The third kappa shape index (κ3) is 1.71. The van der Waals surface area contributed by atoms with Gasteiger partial charge < -0.3 is 10.1 Å². The Morgan fingerprint density at radius 2 is 1.94 bits per heavy atom. The van der Waals surface area contributed by atoms with Crippen molar-refractivity contribution >= 4 is 16.9 Å². The molecule has 3 heteroatoms. The number of carboxylic acids is 1. The molecule has 17 heavy (non-hydrogen) atoms. The average molecular weight is 231 g/mol. The number of benzene rings is 1. The van der Waals surface area contributed by atoms with Crippen LogP contribution in [0.25, 0.3) is 10.9 Å². The largest absolute Gasteiger partial charge is 0.477 e. The highest BCUT2D eigenvalue weighted by molar-refractivity contribution is 5.99. The Morgan fingerprint density at radius 1 is 1.29 bits per heavy atom. The second-order valence-electron chi connectivity index (χ2n) is 4.80. The summed E-state index contributed by atoms with van der Waals surface area (Å²) >= 11 is 0. The molecule has 2 aromatic rings. The Balaban J connectivity index is 2.89. The zero-order valence-electron chi connectivity index (χ0n) is 10.6. The first-order valence-corrected chi connectivity index (χ1v) is 5.78. The number of aryl methyl sites for hydroxylation is 2. The van der Waals surface area contributed by atoms with Gasteiger partial charge in [0.2, 0.25) is 0 Å². The average Bonchev–Trinajstić information content (AvgIpc) is 2.63. The minimum absolute atomic E-state index is 0.192. The smallest absolute Gasteiger partial charge is 0.352 e. The van der Waals surface area contributed by atoms with Gasteiger partial charge in [0.05, 0.1) is 0 Å². The molecule has 0 bridgehead atoms. The Kier molecular flexibility index (Phi) is 2.69. The summed E-state index contributed by atoms with van der Waals surface area (Å²) in [5, 5.41) is 10.3. The number of hydrogen-bond acceptors (Lipinski definition) is 1. The van der Waals surface area contributed by atoms with Crippen molar-refractivity contribution < 1.29 is 9.90 Å². The molecule has 0 atom stereocenters. The van der Waals surface area contributed by atoms with Crippen LogP contribution < -0.4 is 0 Å². The van der Waals surface area contributed by atoms with Gasteiger partial charge in [-0.05, 0) is 36.5 Å². The van der Waals surface area contributed by atoms with Gasteiger partial charge in [-0.1, -0.05) is 26.0 Å². The summed E-state index contributed by atoms with van der Waals surface area (Å²) in [5.41, 5.74) is 4.47. The fourth-order valence-corrected chi connectivity index (χ4v) is 2.30. The molecule has 0 aliphatic heterocycles. The standard InChI is InChI=1S/C14H17NO2/c1-7(2)11-10-6-5-8(3)9(4)12(10)15-13(11)14(16)17/h5-7,15H,1-4H3,(H,16,17). The van der Waals surface area contributed by atoms with Gasteiger partial charge in [0.15, 0.2) is 0 Å². The van der Waals surface area contributed by atoms with Crippen molar-refractivity contribution in [2.75, 3.05) is 0 Å². The minimum Gasteiger partial charge on any atom is -0.477 e. The van der Waals surface area contributed by atoms with E-state index in [1.165, 1.54) is 5.56 Å². The van der Waals surface area contributed by atoms with Crippen molar-refractivity contribution in [2.24, 2.45) is 0 Å². The van der Waals surface area contributed by atoms with Crippen LogP contribution in [0.2, 0.25) is 0 Å². The number of carbonyl (C=O) groups is 1. The number of rotatable bonds is 2. The third-order valence-electron chi connectivity index (χ3n) is 3.34. The number of fused-ring (bicyclic) bond motifs is 1. The molecule has 0 saturated carbocycles. The lowest BCUT2D eigenvalue weighted by Crippen LogP contribution is -2.02. The zero-order valence-corrected chi connectivity index (χ0v) is 10.6. The van der Waals surface area contributed by atoms with Gasteiger partial charge in [0.1, 0.15) is 5.69 Å². The van der Waals surface area contributed by atoms with Crippen LogP contribution in [0.1, 0.15) is 46.9 Å². The normalized spacial score (nSPS) is 11.4. The predicted octanol–water partition coefficient (Wildman–Crippen LogP) is 3.61. The van der Waals surface area contributed by atoms with E-state index in [0.717, 1.165) is 22.0 Å². The van der Waals surface area contributed by atoms with Gasteiger partial charge in [-0.2, -0.15) is 0 Å². The highest BCUT2D eigenvalue weighted by atomic mass is 16.4. The number of aromatic nitrogens is 1. The zero-order chi connectivity index (χ0) is 12.7. The molecule has 2 rings (SSSR count). The predicted molar refractivity (Wildman–Crippen MR) is 68.8 cm³/mol. The summed E-state index contributed by atoms with van der Waals surface area (Å²) in [5.74, 6) is -0.695. The summed E-state index contributed by atoms with van der Waals surface area (Å²) in [6.45, 7) is 8.09. The second-order valence-corrected chi connectivity index (χ2v) is 4.80. The maximum absolute atomic E-state index is 11.3. The molecule has 0 fully saturated rings. The van der Waals surface area contributed by atoms with Crippen LogP contribution in [0.4, 0.5) is 0 Å². The lowest BCUT2D eigenvalue weighted by molar-refractivity contribution is 0.0690. The molecule has 1 heterocycles. The molecule has 0 saturated heterocycles. The van der Waals surface area contributed by atoms with Crippen LogP contribution in [-0.4, -0.2) is 16.1 Å². The monoisotopic (exact) mass is 231 g/mol. The molecule has 1 aromatic carbocycles. The molecule has 0 radical (unpaired) electrons. The Bertz CT molecular complexity index is 594. The number of H-pyrrole nitrogens is 1. The molecule has 0 aliphatic carbocycles. The Labute approximate surface area is 100 Å². The summed E-state index contributed by atoms with van der Waals surface area (Å²) < 4.78 is 0. The molecular formula is C14H17NO2. The van der Waals surface area contributed by atoms with E-state index in [-0.39, 0.29) is 5.92 Å². The van der Waals surface area contributed by atoms with Crippen molar-refractivity contribution in [3.8, 4) is 0 Å². The van der Waals surface area contributed by atoms with E-state index in [1.807, 2.05) is 39.8 Å². The van der Waals surface area contributed by atoms with Gasteiger partial charge in [0, 0.05) is 10.9 Å². The molecule has 2 N–H and O–H groups in total. The highest BCUT2D eigenvalue weighted by Crippen LogP contribution is 2.31. The quantitative estimate of drug-likeness (QED) is 0.829. The van der Waals surface area contributed by atoms with Gasteiger partial charge in [-0.3, -0.25) is 0 Å². The summed E-state index contributed by atoms with van der Waals surface area (Å²) in [4.78, 5) is 14.3. The van der Waals surface area contributed by atoms with Crippen molar-refractivity contribution in [3.63, 3.8) is 0 Å².